The Kier molecular flexibility index (Phi) is 3.99. The van der Waals surface area contributed by atoms with Gasteiger partial charge in [0.05, 0.1) is 26.0 Å². The molecule has 0 saturated carbocycles. The summed E-state index contributed by atoms with van der Waals surface area (Å²) in [7, 11) is 0. The Hall–Kier alpha value is -1.85. The monoisotopic (exact) mass is 272 g/mol. The Bertz CT molecular complexity index is 561. The fraction of sp³-hybridized carbons (Fsp3) is 0.400. The number of para-hydroxylation sites is 1. The summed E-state index contributed by atoms with van der Waals surface area (Å²) in [5, 5.41) is 4.42. The summed E-state index contributed by atoms with van der Waals surface area (Å²) < 4.78 is 7.33. The van der Waals surface area contributed by atoms with Gasteiger partial charge in [-0.1, -0.05) is 18.2 Å². The SMILES string of the molecule is Nc1ccccc1-c1cnn(CCN2CCOCC2)c1. The van der Waals surface area contributed by atoms with Crippen LogP contribution in [0.2, 0.25) is 0 Å². The van der Waals surface area contributed by atoms with Crippen molar-refractivity contribution in [3.8, 4) is 11.1 Å². The summed E-state index contributed by atoms with van der Waals surface area (Å²) in [6, 6.07) is 7.89. The van der Waals surface area contributed by atoms with E-state index in [1.165, 1.54) is 0 Å². The molecule has 1 aliphatic heterocycles. The van der Waals surface area contributed by atoms with Crippen molar-refractivity contribution in [2.24, 2.45) is 0 Å². The number of hydrogen-bond donors (Lipinski definition) is 1. The predicted octanol–water partition coefficient (Wildman–Crippen LogP) is 1.46. The van der Waals surface area contributed by atoms with Gasteiger partial charge in [0, 0.05) is 42.6 Å². The number of nitrogens with zero attached hydrogens (tertiary/aromatic N) is 3. The average Bonchev–Trinajstić information content (AvgIpc) is 2.95. The van der Waals surface area contributed by atoms with Crippen molar-refractivity contribution >= 4 is 5.69 Å². The lowest BCUT2D eigenvalue weighted by molar-refractivity contribution is 0.0360. The molecule has 0 amide bonds. The van der Waals surface area contributed by atoms with Crippen LogP contribution in [0.3, 0.4) is 0 Å². The van der Waals surface area contributed by atoms with Crippen LogP contribution in [-0.2, 0) is 11.3 Å². The van der Waals surface area contributed by atoms with Gasteiger partial charge in [-0.3, -0.25) is 9.58 Å². The molecule has 5 nitrogen and oxygen atoms in total. The van der Waals surface area contributed by atoms with E-state index in [1.807, 2.05) is 35.1 Å². The van der Waals surface area contributed by atoms with Crippen LogP contribution in [0.4, 0.5) is 5.69 Å². The largest absolute Gasteiger partial charge is 0.398 e. The number of morpholine rings is 1. The van der Waals surface area contributed by atoms with Gasteiger partial charge in [0.1, 0.15) is 0 Å². The number of nitrogen functional groups attached to an aromatic ring is 1. The second-order valence-electron chi connectivity index (χ2n) is 5.03. The molecule has 2 N–H and O–H groups in total. The third-order valence-electron chi connectivity index (χ3n) is 3.65. The van der Waals surface area contributed by atoms with Gasteiger partial charge in [-0.2, -0.15) is 5.10 Å². The van der Waals surface area contributed by atoms with Crippen molar-refractivity contribution in [2.45, 2.75) is 6.54 Å². The highest BCUT2D eigenvalue weighted by molar-refractivity contribution is 5.75. The first-order valence-electron chi connectivity index (χ1n) is 7.00. The molecular weight excluding hydrogens is 252 g/mol. The summed E-state index contributed by atoms with van der Waals surface area (Å²) in [4.78, 5) is 2.40. The van der Waals surface area contributed by atoms with Gasteiger partial charge in [0.15, 0.2) is 0 Å². The molecule has 5 heteroatoms. The minimum Gasteiger partial charge on any atom is -0.398 e. The fourth-order valence-corrected chi connectivity index (χ4v) is 2.45. The van der Waals surface area contributed by atoms with Crippen LogP contribution in [0.25, 0.3) is 11.1 Å². The number of hydrogen-bond acceptors (Lipinski definition) is 4. The van der Waals surface area contributed by atoms with Gasteiger partial charge in [-0.05, 0) is 6.07 Å². The molecule has 2 aromatic rings. The highest BCUT2D eigenvalue weighted by Crippen LogP contribution is 2.24. The number of ether oxygens (including phenoxy) is 1. The van der Waals surface area contributed by atoms with Crippen molar-refractivity contribution in [2.75, 3.05) is 38.6 Å². The molecule has 1 aliphatic rings. The maximum atomic E-state index is 5.99. The smallest absolute Gasteiger partial charge is 0.0594 e. The molecular formula is C15H20N4O. The van der Waals surface area contributed by atoms with E-state index in [0.717, 1.165) is 56.2 Å². The molecule has 0 unspecified atom stereocenters. The first-order chi connectivity index (χ1) is 9.83. The topological polar surface area (TPSA) is 56.3 Å². The Labute approximate surface area is 118 Å². The molecule has 3 rings (SSSR count). The van der Waals surface area contributed by atoms with E-state index in [1.54, 1.807) is 0 Å². The summed E-state index contributed by atoms with van der Waals surface area (Å²) in [5.74, 6) is 0. The fourth-order valence-electron chi connectivity index (χ4n) is 2.45. The Morgan fingerprint density at radius 2 is 1.95 bits per heavy atom. The van der Waals surface area contributed by atoms with Gasteiger partial charge < -0.3 is 10.5 Å². The van der Waals surface area contributed by atoms with Crippen LogP contribution in [0.15, 0.2) is 36.7 Å². The van der Waals surface area contributed by atoms with E-state index in [0.29, 0.717) is 0 Å². The molecule has 1 aromatic heterocycles. The molecule has 1 saturated heterocycles. The number of aromatic nitrogens is 2. The standard InChI is InChI=1S/C15H20N4O/c16-15-4-2-1-3-14(15)13-11-17-19(12-13)6-5-18-7-9-20-10-8-18/h1-4,11-12H,5-10,16H2. The second-order valence-corrected chi connectivity index (χ2v) is 5.03. The van der Waals surface area contributed by atoms with E-state index in [4.69, 9.17) is 10.5 Å². The van der Waals surface area contributed by atoms with E-state index in [9.17, 15) is 0 Å². The lowest BCUT2D eigenvalue weighted by atomic mass is 10.1. The highest BCUT2D eigenvalue weighted by Gasteiger charge is 2.10. The van der Waals surface area contributed by atoms with Crippen LogP contribution in [0.1, 0.15) is 0 Å². The van der Waals surface area contributed by atoms with E-state index in [2.05, 4.69) is 16.2 Å². The Balaban J connectivity index is 1.63. The number of nitrogens with two attached hydrogens (primary N) is 1. The van der Waals surface area contributed by atoms with Gasteiger partial charge in [-0.25, -0.2) is 0 Å². The van der Waals surface area contributed by atoms with Gasteiger partial charge in [-0.15, -0.1) is 0 Å². The molecule has 0 bridgehead atoms. The normalized spacial score (nSPS) is 16.4. The Morgan fingerprint density at radius 3 is 2.75 bits per heavy atom. The minimum absolute atomic E-state index is 0.792. The maximum Gasteiger partial charge on any atom is 0.0594 e. The third-order valence-corrected chi connectivity index (χ3v) is 3.65. The van der Waals surface area contributed by atoms with Crippen molar-refractivity contribution in [1.29, 1.82) is 0 Å². The van der Waals surface area contributed by atoms with Crippen LogP contribution in [-0.4, -0.2) is 47.5 Å². The summed E-state index contributed by atoms with van der Waals surface area (Å²) in [6.45, 7) is 5.61. The zero-order valence-electron chi connectivity index (χ0n) is 11.5. The minimum atomic E-state index is 0.792. The van der Waals surface area contributed by atoms with Crippen LogP contribution in [0, 0.1) is 0 Å². The molecule has 0 radical (unpaired) electrons. The van der Waals surface area contributed by atoms with Crippen molar-refractivity contribution in [3.63, 3.8) is 0 Å². The first kappa shape index (κ1) is 13.1. The summed E-state index contributed by atoms with van der Waals surface area (Å²) in [5.41, 5.74) is 8.91. The number of rotatable bonds is 4. The van der Waals surface area contributed by atoms with Gasteiger partial charge >= 0.3 is 0 Å². The zero-order valence-corrected chi connectivity index (χ0v) is 11.5. The molecule has 20 heavy (non-hydrogen) atoms. The van der Waals surface area contributed by atoms with Crippen molar-refractivity contribution in [3.05, 3.63) is 36.7 Å². The number of anilines is 1. The first-order valence-corrected chi connectivity index (χ1v) is 7.00. The van der Waals surface area contributed by atoms with E-state index >= 15 is 0 Å². The van der Waals surface area contributed by atoms with Crippen LogP contribution in [0.5, 0.6) is 0 Å². The predicted molar refractivity (Wildman–Crippen MR) is 79.3 cm³/mol. The second kappa shape index (κ2) is 6.07. The van der Waals surface area contributed by atoms with Crippen molar-refractivity contribution < 1.29 is 4.74 Å². The number of benzene rings is 1. The molecule has 0 spiro atoms. The van der Waals surface area contributed by atoms with Gasteiger partial charge in [0.25, 0.3) is 0 Å². The molecule has 0 atom stereocenters. The quantitative estimate of drug-likeness (QED) is 0.856. The maximum absolute atomic E-state index is 5.99. The van der Waals surface area contributed by atoms with Crippen LogP contribution >= 0.6 is 0 Å². The zero-order chi connectivity index (χ0) is 13.8. The third kappa shape index (κ3) is 3.00. The lowest BCUT2D eigenvalue weighted by Gasteiger charge is -2.26. The van der Waals surface area contributed by atoms with E-state index < -0.39 is 0 Å². The highest BCUT2D eigenvalue weighted by atomic mass is 16.5. The molecule has 106 valence electrons. The van der Waals surface area contributed by atoms with Crippen molar-refractivity contribution in [1.82, 2.24) is 14.7 Å². The van der Waals surface area contributed by atoms with Crippen LogP contribution < -0.4 is 5.73 Å². The summed E-state index contributed by atoms with van der Waals surface area (Å²) >= 11 is 0. The molecule has 0 aliphatic carbocycles. The lowest BCUT2D eigenvalue weighted by Crippen LogP contribution is -2.38. The average molecular weight is 272 g/mol. The Morgan fingerprint density at radius 1 is 1.15 bits per heavy atom. The summed E-state index contributed by atoms with van der Waals surface area (Å²) in [6.07, 6.45) is 3.94. The van der Waals surface area contributed by atoms with E-state index in [-0.39, 0.29) is 0 Å². The van der Waals surface area contributed by atoms with Gasteiger partial charge in [0.2, 0.25) is 0 Å². The molecule has 1 aromatic carbocycles. The molecule has 1 fully saturated rings. The molecule has 2 heterocycles.